The van der Waals surface area contributed by atoms with Gasteiger partial charge in [-0.15, -0.1) is 0 Å². The van der Waals surface area contributed by atoms with Crippen LogP contribution in [0.2, 0.25) is 0 Å². The highest BCUT2D eigenvalue weighted by atomic mass is 16.4. The van der Waals surface area contributed by atoms with E-state index in [1.165, 1.54) is 17.7 Å². The second kappa shape index (κ2) is 5.84. The van der Waals surface area contributed by atoms with Crippen LogP contribution in [0.1, 0.15) is 32.6 Å². The number of carboxylic acid groups (broad SMARTS) is 1. The van der Waals surface area contributed by atoms with Gasteiger partial charge in [-0.2, -0.15) is 0 Å². The number of aliphatic carboxylic acids is 1. The first-order valence-electron chi connectivity index (χ1n) is 5.78. The number of carbonyl (C=O) groups excluding carboxylic acids is 1. The van der Waals surface area contributed by atoms with Gasteiger partial charge in [-0.25, -0.2) is 4.79 Å². The van der Waals surface area contributed by atoms with Gasteiger partial charge in [-0.05, 0) is 19.3 Å². The Labute approximate surface area is 95.8 Å². The number of amides is 1. The Kier molecular flexibility index (Phi) is 4.73. The average Bonchev–Trinajstić information content (AvgIpc) is 3.01. The van der Waals surface area contributed by atoms with Gasteiger partial charge < -0.3 is 15.3 Å². The van der Waals surface area contributed by atoms with Gasteiger partial charge in [0, 0.05) is 26.1 Å². The van der Waals surface area contributed by atoms with Gasteiger partial charge >= 0.3 is 5.97 Å². The third-order valence-electron chi connectivity index (χ3n) is 2.88. The molecule has 0 heterocycles. The normalized spacial score (nSPS) is 16.9. The van der Waals surface area contributed by atoms with Crippen LogP contribution in [0.15, 0.2) is 0 Å². The predicted octanol–water partition coefficient (Wildman–Crippen LogP) is 0.450. The Morgan fingerprint density at radius 3 is 2.56 bits per heavy atom. The van der Waals surface area contributed by atoms with Crippen LogP contribution in [-0.4, -0.2) is 47.6 Å². The Balaban J connectivity index is 2.29. The summed E-state index contributed by atoms with van der Waals surface area (Å²) in [6.45, 7) is 2.41. The summed E-state index contributed by atoms with van der Waals surface area (Å²) in [6.07, 6.45) is 3.19. The maximum Gasteiger partial charge on any atom is 0.326 e. The molecule has 0 bridgehead atoms. The number of carboxylic acids is 1. The number of nitrogens with zero attached hydrogens (tertiary/aromatic N) is 1. The first kappa shape index (κ1) is 13.0. The molecule has 1 saturated carbocycles. The van der Waals surface area contributed by atoms with Gasteiger partial charge in [-0.3, -0.25) is 4.79 Å². The second-order valence-electron chi connectivity index (χ2n) is 4.25. The SMILES string of the molecule is CCC(C(=O)O)N(C)C(=O)CCNC1CC1. The smallest absolute Gasteiger partial charge is 0.326 e. The van der Waals surface area contributed by atoms with Crippen molar-refractivity contribution in [2.75, 3.05) is 13.6 Å². The monoisotopic (exact) mass is 228 g/mol. The van der Waals surface area contributed by atoms with Crippen LogP contribution in [0.3, 0.4) is 0 Å². The number of hydrogen-bond donors (Lipinski definition) is 2. The number of rotatable bonds is 7. The molecular weight excluding hydrogens is 208 g/mol. The lowest BCUT2D eigenvalue weighted by atomic mass is 10.2. The van der Waals surface area contributed by atoms with E-state index in [4.69, 9.17) is 5.11 Å². The molecule has 92 valence electrons. The van der Waals surface area contributed by atoms with Crippen molar-refractivity contribution < 1.29 is 14.7 Å². The van der Waals surface area contributed by atoms with Gasteiger partial charge in [0.2, 0.25) is 5.91 Å². The van der Waals surface area contributed by atoms with E-state index in [9.17, 15) is 9.59 Å². The van der Waals surface area contributed by atoms with Gasteiger partial charge in [0.1, 0.15) is 6.04 Å². The largest absolute Gasteiger partial charge is 0.480 e. The highest BCUT2D eigenvalue weighted by Gasteiger charge is 2.25. The fourth-order valence-corrected chi connectivity index (χ4v) is 1.63. The quantitative estimate of drug-likeness (QED) is 0.664. The van der Waals surface area contributed by atoms with Crippen molar-refractivity contribution in [1.82, 2.24) is 10.2 Å². The van der Waals surface area contributed by atoms with E-state index in [1.807, 2.05) is 0 Å². The number of likely N-dealkylation sites (N-methyl/N-ethyl adjacent to an activating group) is 1. The maximum atomic E-state index is 11.7. The fourth-order valence-electron chi connectivity index (χ4n) is 1.63. The maximum absolute atomic E-state index is 11.7. The molecule has 0 aromatic carbocycles. The molecule has 0 radical (unpaired) electrons. The third-order valence-corrected chi connectivity index (χ3v) is 2.88. The van der Waals surface area contributed by atoms with E-state index in [0.29, 0.717) is 25.4 Å². The van der Waals surface area contributed by atoms with E-state index in [0.717, 1.165) is 0 Å². The topological polar surface area (TPSA) is 69.6 Å². The highest BCUT2D eigenvalue weighted by molar-refractivity contribution is 5.83. The minimum absolute atomic E-state index is 0.109. The molecule has 1 aliphatic rings. The molecule has 0 saturated heterocycles. The Morgan fingerprint density at radius 2 is 2.12 bits per heavy atom. The zero-order chi connectivity index (χ0) is 12.1. The first-order valence-corrected chi connectivity index (χ1v) is 5.78. The lowest BCUT2D eigenvalue weighted by Gasteiger charge is -2.23. The fraction of sp³-hybridized carbons (Fsp3) is 0.818. The van der Waals surface area contributed by atoms with Crippen molar-refractivity contribution >= 4 is 11.9 Å². The molecule has 1 atom stereocenters. The molecule has 2 N–H and O–H groups in total. The average molecular weight is 228 g/mol. The van der Waals surface area contributed by atoms with Crippen molar-refractivity contribution in [2.24, 2.45) is 0 Å². The Hall–Kier alpha value is -1.10. The van der Waals surface area contributed by atoms with Crippen LogP contribution in [-0.2, 0) is 9.59 Å². The molecule has 0 spiro atoms. The van der Waals surface area contributed by atoms with Gasteiger partial charge in [-0.1, -0.05) is 6.92 Å². The second-order valence-corrected chi connectivity index (χ2v) is 4.25. The number of nitrogens with one attached hydrogen (secondary N) is 1. The van der Waals surface area contributed by atoms with E-state index in [1.54, 1.807) is 14.0 Å². The molecule has 0 aromatic rings. The van der Waals surface area contributed by atoms with Gasteiger partial charge in [0.25, 0.3) is 0 Å². The molecule has 5 nitrogen and oxygen atoms in total. The van der Waals surface area contributed by atoms with Crippen molar-refractivity contribution in [2.45, 2.75) is 44.7 Å². The summed E-state index contributed by atoms with van der Waals surface area (Å²) in [6, 6.07) is -0.118. The summed E-state index contributed by atoms with van der Waals surface area (Å²) in [4.78, 5) is 23.9. The minimum atomic E-state index is -0.937. The molecule has 0 aromatic heterocycles. The van der Waals surface area contributed by atoms with Crippen LogP contribution in [0.5, 0.6) is 0 Å². The Bertz CT molecular complexity index is 264. The first-order chi connectivity index (χ1) is 7.56. The summed E-state index contributed by atoms with van der Waals surface area (Å²) >= 11 is 0. The predicted molar refractivity (Wildman–Crippen MR) is 60.1 cm³/mol. The molecule has 1 fully saturated rings. The lowest BCUT2D eigenvalue weighted by molar-refractivity contribution is -0.149. The molecular formula is C11H20N2O3. The van der Waals surface area contributed by atoms with Crippen LogP contribution < -0.4 is 5.32 Å². The van der Waals surface area contributed by atoms with E-state index < -0.39 is 12.0 Å². The molecule has 1 amide bonds. The number of carbonyl (C=O) groups is 2. The molecule has 5 heteroatoms. The minimum Gasteiger partial charge on any atom is -0.480 e. The molecule has 0 aliphatic heterocycles. The standard InChI is InChI=1S/C11H20N2O3/c1-3-9(11(15)16)13(2)10(14)6-7-12-8-4-5-8/h8-9,12H,3-7H2,1-2H3,(H,15,16). The van der Waals surface area contributed by atoms with Gasteiger partial charge in [0.15, 0.2) is 0 Å². The van der Waals surface area contributed by atoms with Crippen LogP contribution in [0, 0.1) is 0 Å². The van der Waals surface area contributed by atoms with Crippen molar-refractivity contribution in [3.05, 3.63) is 0 Å². The van der Waals surface area contributed by atoms with Crippen molar-refractivity contribution in [3.8, 4) is 0 Å². The zero-order valence-electron chi connectivity index (χ0n) is 9.90. The van der Waals surface area contributed by atoms with E-state index in [2.05, 4.69) is 5.32 Å². The van der Waals surface area contributed by atoms with Crippen LogP contribution in [0.4, 0.5) is 0 Å². The Morgan fingerprint density at radius 1 is 1.50 bits per heavy atom. The van der Waals surface area contributed by atoms with Crippen molar-refractivity contribution in [1.29, 1.82) is 0 Å². The summed E-state index contributed by atoms with van der Waals surface area (Å²) < 4.78 is 0. The molecule has 1 aliphatic carbocycles. The summed E-state index contributed by atoms with van der Waals surface area (Å²) in [5.41, 5.74) is 0. The zero-order valence-corrected chi connectivity index (χ0v) is 9.90. The van der Waals surface area contributed by atoms with E-state index in [-0.39, 0.29) is 5.91 Å². The van der Waals surface area contributed by atoms with Gasteiger partial charge in [0.05, 0.1) is 0 Å². The highest BCUT2D eigenvalue weighted by Crippen LogP contribution is 2.18. The van der Waals surface area contributed by atoms with Crippen LogP contribution >= 0.6 is 0 Å². The lowest BCUT2D eigenvalue weighted by Crippen LogP contribution is -2.42. The number of hydrogen-bond acceptors (Lipinski definition) is 3. The summed E-state index contributed by atoms with van der Waals surface area (Å²) in [7, 11) is 1.56. The molecule has 16 heavy (non-hydrogen) atoms. The van der Waals surface area contributed by atoms with E-state index >= 15 is 0 Å². The summed E-state index contributed by atoms with van der Waals surface area (Å²) in [5.74, 6) is -1.05. The third kappa shape index (κ3) is 3.81. The summed E-state index contributed by atoms with van der Waals surface area (Å²) in [5, 5.41) is 12.1. The molecule has 1 unspecified atom stereocenters. The molecule has 1 rings (SSSR count). The van der Waals surface area contributed by atoms with Crippen LogP contribution in [0.25, 0.3) is 0 Å². The van der Waals surface area contributed by atoms with Crippen molar-refractivity contribution in [3.63, 3.8) is 0 Å².